The number of aliphatic carboxylic acids is 1. The van der Waals surface area contributed by atoms with Crippen LogP contribution in [0.1, 0.15) is 17.5 Å². The van der Waals surface area contributed by atoms with Crippen LogP contribution in [0.25, 0.3) is 5.57 Å². The van der Waals surface area contributed by atoms with Crippen LogP contribution in [0.4, 0.5) is 4.39 Å². The maximum absolute atomic E-state index is 14.0. The monoisotopic (exact) mass is 266 g/mol. The fourth-order valence-corrected chi connectivity index (χ4v) is 2.03. The third-order valence-corrected chi connectivity index (χ3v) is 3.06. The van der Waals surface area contributed by atoms with Crippen molar-refractivity contribution >= 4 is 11.5 Å². The largest absolute Gasteiger partial charge is 0.479 e. The summed E-state index contributed by atoms with van der Waals surface area (Å²) < 4.78 is 19.1. The molecule has 0 saturated carbocycles. The van der Waals surface area contributed by atoms with Gasteiger partial charge in [0.25, 0.3) is 0 Å². The molecule has 0 spiro atoms. The number of rotatable bonds is 4. The number of aliphatic hydroxyl groups excluding tert-OH is 1. The first-order valence-electron chi connectivity index (χ1n) is 6.04. The van der Waals surface area contributed by atoms with E-state index < -0.39 is 17.9 Å². The topological polar surface area (TPSA) is 66.8 Å². The first-order valence-corrected chi connectivity index (χ1v) is 6.04. The van der Waals surface area contributed by atoms with Gasteiger partial charge in [-0.3, -0.25) is 0 Å². The summed E-state index contributed by atoms with van der Waals surface area (Å²) in [6.45, 7) is 1.05. The van der Waals surface area contributed by atoms with Crippen LogP contribution in [0.5, 0.6) is 0 Å². The molecule has 0 aliphatic carbocycles. The molecule has 1 unspecified atom stereocenters. The van der Waals surface area contributed by atoms with Gasteiger partial charge in [-0.2, -0.15) is 0 Å². The van der Waals surface area contributed by atoms with Crippen molar-refractivity contribution in [3.8, 4) is 0 Å². The molecule has 19 heavy (non-hydrogen) atoms. The van der Waals surface area contributed by atoms with Gasteiger partial charge in [-0.25, -0.2) is 9.18 Å². The quantitative estimate of drug-likeness (QED) is 0.869. The summed E-state index contributed by atoms with van der Waals surface area (Å²) in [7, 11) is 0. The van der Waals surface area contributed by atoms with Crippen molar-refractivity contribution in [3.05, 3.63) is 41.2 Å². The molecule has 5 heteroatoms. The second-order valence-corrected chi connectivity index (χ2v) is 4.43. The summed E-state index contributed by atoms with van der Waals surface area (Å²) >= 11 is 0. The Bertz CT molecular complexity index is 510. The predicted molar refractivity (Wildman–Crippen MR) is 67.2 cm³/mol. The molecule has 0 aromatic heterocycles. The summed E-state index contributed by atoms with van der Waals surface area (Å²) in [5.74, 6) is -1.71. The molecular formula is C14H15FO4. The second-order valence-electron chi connectivity index (χ2n) is 4.43. The molecule has 2 rings (SSSR count). The Kier molecular flexibility index (Phi) is 4.29. The van der Waals surface area contributed by atoms with Gasteiger partial charge >= 0.3 is 5.97 Å². The Morgan fingerprint density at radius 1 is 1.47 bits per heavy atom. The lowest BCUT2D eigenvalue weighted by Gasteiger charge is -2.15. The van der Waals surface area contributed by atoms with E-state index in [1.807, 2.05) is 6.08 Å². The van der Waals surface area contributed by atoms with E-state index in [0.717, 1.165) is 5.57 Å². The van der Waals surface area contributed by atoms with Crippen LogP contribution in [-0.2, 0) is 16.0 Å². The maximum Gasteiger partial charge on any atom is 0.332 e. The van der Waals surface area contributed by atoms with E-state index in [2.05, 4.69) is 0 Å². The van der Waals surface area contributed by atoms with Gasteiger partial charge in [0.2, 0.25) is 0 Å². The number of hydrogen-bond acceptors (Lipinski definition) is 3. The van der Waals surface area contributed by atoms with E-state index in [4.69, 9.17) is 9.84 Å². The summed E-state index contributed by atoms with van der Waals surface area (Å²) in [6, 6.07) is 4.54. The molecule has 0 amide bonds. The van der Waals surface area contributed by atoms with Crippen LogP contribution < -0.4 is 0 Å². The zero-order valence-corrected chi connectivity index (χ0v) is 10.3. The maximum atomic E-state index is 14.0. The number of carboxylic acids is 1. The molecule has 1 aromatic rings. The molecule has 1 aliphatic heterocycles. The van der Waals surface area contributed by atoms with E-state index in [1.165, 1.54) is 6.07 Å². The average Bonchev–Trinajstić information content (AvgIpc) is 2.39. The van der Waals surface area contributed by atoms with Crippen LogP contribution in [0.2, 0.25) is 0 Å². The highest BCUT2D eigenvalue weighted by Crippen LogP contribution is 2.24. The Labute approximate surface area is 110 Å². The standard InChI is InChI=1S/C14H15FO4/c15-12-7-9(8-13(16)14(17)18)1-2-11(12)10-3-5-19-6-4-10/h1-3,7,13,16H,4-6,8H2,(H,17,18). The fraction of sp³-hybridized carbons (Fsp3) is 0.357. The molecule has 2 N–H and O–H groups in total. The second kappa shape index (κ2) is 5.95. The van der Waals surface area contributed by atoms with Gasteiger partial charge in [0.1, 0.15) is 5.82 Å². The predicted octanol–water partition coefficient (Wildman–Crippen LogP) is 1.62. The van der Waals surface area contributed by atoms with Crippen molar-refractivity contribution in [1.29, 1.82) is 0 Å². The summed E-state index contributed by atoms with van der Waals surface area (Å²) in [4.78, 5) is 10.5. The minimum Gasteiger partial charge on any atom is -0.479 e. The Morgan fingerprint density at radius 2 is 2.26 bits per heavy atom. The lowest BCUT2D eigenvalue weighted by molar-refractivity contribution is -0.146. The van der Waals surface area contributed by atoms with E-state index in [0.29, 0.717) is 30.8 Å². The number of carboxylic acid groups (broad SMARTS) is 1. The number of halogens is 1. The highest BCUT2D eigenvalue weighted by atomic mass is 19.1. The number of carbonyl (C=O) groups is 1. The number of aliphatic hydroxyl groups is 1. The van der Waals surface area contributed by atoms with Crippen LogP contribution in [-0.4, -0.2) is 35.5 Å². The number of hydrogen-bond donors (Lipinski definition) is 2. The highest BCUT2D eigenvalue weighted by Gasteiger charge is 2.16. The van der Waals surface area contributed by atoms with Crippen LogP contribution in [0.15, 0.2) is 24.3 Å². The smallest absolute Gasteiger partial charge is 0.332 e. The van der Waals surface area contributed by atoms with Gasteiger partial charge in [-0.1, -0.05) is 18.2 Å². The molecule has 0 radical (unpaired) electrons. The molecule has 0 saturated heterocycles. The Balaban J connectivity index is 2.17. The first kappa shape index (κ1) is 13.7. The molecule has 102 valence electrons. The molecule has 1 aliphatic rings. The third kappa shape index (κ3) is 3.39. The van der Waals surface area contributed by atoms with Gasteiger partial charge in [0.15, 0.2) is 6.10 Å². The van der Waals surface area contributed by atoms with E-state index >= 15 is 0 Å². The zero-order chi connectivity index (χ0) is 13.8. The average molecular weight is 266 g/mol. The SMILES string of the molecule is O=C(O)C(O)Cc1ccc(C2=CCOCC2)c(F)c1. The molecule has 1 atom stereocenters. The minimum atomic E-state index is -1.51. The van der Waals surface area contributed by atoms with Gasteiger partial charge in [0.05, 0.1) is 13.2 Å². The summed E-state index contributed by atoms with van der Waals surface area (Å²) in [5.41, 5.74) is 1.87. The van der Waals surface area contributed by atoms with Crippen LogP contribution >= 0.6 is 0 Å². The van der Waals surface area contributed by atoms with Crippen molar-refractivity contribution in [2.24, 2.45) is 0 Å². The van der Waals surface area contributed by atoms with Crippen molar-refractivity contribution in [3.63, 3.8) is 0 Å². The van der Waals surface area contributed by atoms with Crippen molar-refractivity contribution in [2.75, 3.05) is 13.2 Å². The first-order chi connectivity index (χ1) is 9.08. The molecule has 0 bridgehead atoms. The van der Waals surface area contributed by atoms with E-state index in [9.17, 15) is 14.3 Å². The molecule has 0 fully saturated rings. The molecule has 4 nitrogen and oxygen atoms in total. The van der Waals surface area contributed by atoms with Gasteiger partial charge < -0.3 is 14.9 Å². The van der Waals surface area contributed by atoms with Gasteiger partial charge in [-0.15, -0.1) is 0 Å². The van der Waals surface area contributed by atoms with Gasteiger partial charge in [-0.05, 0) is 23.6 Å². The Hall–Kier alpha value is -1.72. The number of ether oxygens (including phenoxy) is 1. The van der Waals surface area contributed by atoms with E-state index in [1.54, 1.807) is 12.1 Å². The van der Waals surface area contributed by atoms with Crippen LogP contribution in [0, 0.1) is 5.82 Å². The number of benzene rings is 1. The summed E-state index contributed by atoms with van der Waals surface area (Å²) in [6.07, 6.45) is 0.892. The minimum absolute atomic E-state index is 0.102. The lowest BCUT2D eigenvalue weighted by Crippen LogP contribution is -2.22. The summed E-state index contributed by atoms with van der Waals surface area (Å²) in [5, 5.41) is 17.8. The van der Waals surface area contributed by atoms with E-state index in [-0.39, 0.29) is 6.42 Å². The molecular weight excluding hydrogens is 251 g/mol. The highest BCUT2D eigenvalue weighted by molar-refractivity contribution is 5.72. The van der Waals surface area contributed by atoms with Crippen LogP contribution in [0.3, 0.4) is 0 Å². The van der Waals surface area contributed by atoms with Crippen molar-refractivity contribution < 1.29 is 24.1 Å². The lowest BCUT2D eigenvalue weighted by atomic mass is 9.98. The molecule has 1 aromatic carbocycles. The third-order valence-electron chi connectivity index (χ3n) is 3.06. The van der Waals surface area contributed by atoms with Gasteiger partial charge in [0, 0.05) is 12.0 Å². The van der Waals surface area contributed by atoms with Crippen molar-refractivity contribution in [1.82, 2.24) is 0 Å². The Morgan fingerprint density at radius 3 is 2.84 bits per heavy atom. The molecule has 1 heterocycles. The normalized spacial score (nSPS) is 16.8. The fourth-order valence-electron chi connectivity index (χ4n) is 2.03. The zero-order valence-electron chi connectivity index (χ0n) is 10.3. The van der Waals surface area contributed by atoms with Crippen molar-refractivity contribution in [2.45, 2.75) is 18.9 Å².